The second kappa shape index (κ2) is 5.44. The molecule has 6 nitrogen and oxygen atoms in total. The highest BCUT2D eigenvalue weighted by atomic mass is 32.1. The first-order valence-electron chi connectivity index (χ1n) is 4.62. The molecule has 1 rings (SSSR count). The van der Waals surface area contributed by atoms with Crippen molar-refractivity contribution in [2.45, 2.75) is 6.92 Å². The lowest BCUT2D eigenvalue weighted by Crippen LogP contribution is -2.29. The minimum Gasteiger partial charge on any atom is -0.480 e. The molecule has 1 amide bonds. The molecule has 0 fully saturated rings. The Morgan fingerprint density at radius 2 is 2.24 bits per heavy atom. The molecule has 92 valence electrons. The van der Waals surface area contributed by atoms with Gasteiger partial charge >= 0.3 is 11.9 Å². The molecule has 0 aliphatic carbocycles. The predicted octanol–water partition coefficient (Wildman–Crippen LogP) is 0.891. The molecule has 0 bridgehead atoms. The maximum Gasteiger partial charge on any atom is 0.350 e. The first-order valence-corrected chi connectivity index (χ1v) is 5.43. The number of hydrogen-bond acceptors (Lipinski definition) is 5. The van der Waals surface area contributed by atoms with Crippen LogP contribution in [0.15, 0.2) is 6.07 Å². The Hall–Kier alpha value is -1.89. The van der Waals surface area contributed by atoms with Crippen LogP contribution in [-0.4, -0.2) is 37.1 Å². The van der Waals surface area contributed by atoms with Gasteiger partial charge in [0.15, 0.2) is 0 Å². The van der Waals surface area contributed by atoms with Gasteiger partial charge in [0.2, 0.25) is 6.41 Å². The smallest absolute Gasteiger partial charge is 0.350 e. The number of methoxy groups -OCH3 is 1. The van der Waals surface area contributed by atoms with Crippen LogP contribution in [0.1, 0.15) is 14.5 Å². The van der Waals surface area contributed by atoms with E-state index in [9.17, 15) is 14.4 Å². The molecule has 17 heavy (non-hydrogen) atoms. The second-order valence-electron chi connectivity index (χ2n) is 3.19. The van der Waals surface area contributed by atoms with Crippen molar-refractivity contribution in [2.24, 2.45) is 0 Å². The van der Waals surface area contributed by atoms with Crippen LogP contribution in [0.25, 0.3) is 0 Å². The zero-order valence-corrected chi connectivity index (χ0v) is 10.1. The summed E-state index contributed by atoms with van der Waals surface area (Å²) < 4.78 is 4.57. The molecule has 0 saturated heterocycles. The molecule has 1 N–H and O–H groups in total. The summed E-state index contributed by atoms with van der Waals surface area (Å²) in [6.45, 7) is 1.26. The van der Waals surface area contributed by atoms with Crippen LogP contribution in [-0.2, 0) is 14.3 Å². The third-order valence-electron chi connectivity index (χ3n) is 1.95. The monoisotopic (exact) mass is 257 g/mol. The fourth-order valence-corrected chi connectivity index (χ4v) is 2.22. The van der Waals surface area contributed by atoms with E-state index in [1.54, 1.807) is 13.0 Å². The lowest BCUT2D eigenvalue weighted by atomic mass is 10.3. The Labute approximate surface area is 101 Å². The van der Waals surface area contributed by atoms with E-state index in [0.29, 0.717) is 6.41 Å². The van der Waals surface area contributed by atoms with Gasteiger partial charge in [-0.2, -0.15) is 0 Å². The number of thiophene rings is 1. The number of carboxylic acids is 1. The van der Waals surface area contributed by atoms with Crippen molar-refractivity contribution in [3.8, 4) is 0 Å². The molecule has 0 radical (unpaired) electrons. The summed E-state index contributed by atoms with van der Waals surface area (Å²) in [6, 6.07) is 1.58. The highest BCUT2D eigenvalue weighted by Crippen LogP contribution is 2.29. The number of esters is 1. The average molecular weight is 257 g/mol. The van der Waals surface area contributed by atoms with Crippen molar-refractivity contribution in [1.82, 2.24) is 0 Å². The number of carboxylic acid groups (broad SMARTS) is 1. The third-order valence-corrected chi connectivity index (χ3v) is 2.97. The van der Waals surface area contributed by atoms with E-state index in [1.807, 2.05) is 0 Å². The van der Waals surface area contributed by atoms with Crippen molar-refractivity contribution in [2.75, 3.05) is 18.6 Å². The van der Waals surface area contributed by atoms with Gasteiger partial charge in [-0.25, -0.2) is 4.79 Å². The zero-order valence-electron chi connectivity index (χ0n) is 9.30. The summed E-state index contributed by atoms with van der Waals surface area (Å²) in [6.07, 6.45) is 0.377. The van der Waals surface area contributed by atoms with Gasteiger partial charge in [0, 0.05) is 4.88 Å². The summed E-state index contributed by atoms with van der Waals surface area (Å²) in [5.74, 6) is -1.74. The first kappa shape index (κ1) is 13.2. The number of nitrogens with zero attached hydrogens (tertiary/aromatic N) is 1. The highest BCUT2D eigenvalue weighted by molar-refractivity contribution is 7.14. The fourth-order valence-electron chi connectivity index (χ4n) is 1.28. The Morgan fingerprint density at radius 1 is 1.59 bits per heavy atom. The Kier molecular flexibility index (Phi) is 4.22. The second-order valence-corrected chi connectivity index (χ2v) is 4.45. The van der Waals surface area contributed by atoms with E-state index >= 15 is 0 Å². The fraction of sp³-hybridized carbons (Fsp3) is 0.300. The van der Waals surface area contributed by atoms with Gasteiger partial charge in [-0.3, -0.25) is 9.59 Å². The van der Waals surface area contributed by atoms with Gasteiger partial charge < -0.3 is 14.7 Å². The Balaban J connectivity index is 3.14. The van der Waals surface area contributed by atoms with E-state index in [0.717, 1.165) is 21.1 Å². The lowest BCUT2D eigenvalue weighted by molar-refractivity contribution is -0.136. The highest BCUT2D eigenvalue weighted by Gasteiger charge is 2.21. The van der Waals surface area contributed by atoms with Gasteiger partial charge in [-0.1, -0.05) is 0 Å². The summed E-state index contributed by atoms with van der Waals surface area (Å²) in [5, 5.41) is 8.66. The largest absolute Gasteiger partial charge is 0.480 e. The van der Waals surface area contributed by atoms with Crippen LogP contribution >= 0.6 is 11.3 Å². The van der Waals surface area contributed by atoms with Gasteiger partial charge in [0.1, 0.15) is 11.4 Å². The van der Waals surface area contributed by atoms with E-state index in [2.05, 4.69) is 4.74 Å². The standard InChI is InChI=1S/C10H11NO5S/c1-6-3-7(9(17-6)10(15)16-2)11(5-12)4-8(13)14/h3,5H,4H2,1-2H3,(H,13,14). The van der Waals surface area contributed by atoms with Crippen molar-refractivity contribution < 1.29 is 24.2 Å². The number of aliphatic carboxylic acids is 1. The predicted molar refractivity (Wildman–Crippen MR) is 61.4 cm³/mol. The minimum atomic E-state index is -1.16. The molecular formula is C10H11NO5S. The molecule has 0 atom stereocenters. The average Bonchev–Trinajstić information content (AvgIpc) is 2.66. The van der Waals surface area contributed by atoms with Crippen LogP contribution in [0.5, 0.6) is 0 Å². The molecule has 0 aliphatic heterocycles. The number of carbonyl (C=O) groups excluding carboxylic acids is 2. The molecule has 0 unspecified atom stereocenters. The SMILES string of the molecule is COC(=O)c1sc(C)cc1N(C=O)CC(=O)O. The number of ether oxygens (including phenoxy) is 1. The van der Waals surface area contributed by atoms with E-state index in [-0.39, 0.29) is 10.6 Å². The number of rotatable bonds is 5. The maximum atomic E-state index is 11.5. The Bertz CT molecular complexity index is 454. The quantitative estimate of drug-likeness (QED) is 0.625. The van der Waals surface area contributed by atoms with Gasteiger partial charge in [0.05, 0.1) is 12.8 Å². The van der Waals surface area contributed by atoms with Crippen LogP contribution < -0.4 is 4.90 Å². The van der Waals surface area contributed by atoms with Gasteiger partial charge in [-0.15, -0.1) is 11.3 Å². The summed E-state index contributed by atoms with van der Waals surface area (Å²) in [4.78, 5) is 34.8. The van der Waals surface area contributed by atoms with E-state index < -0.39 is 18.5 Å². The number of carbonyl (C=O) groups is 3. The summed E-state index contributed by atoms with van der Waals surface area (Å²) >= 11 is 1.15. The van der Waals surface area contributed by atoms with Crippen molar-refractivity contribution >= 4 is 35.4 Å². The van der Waals surface area contributed by atoms with Crippen molar-refractivity contribution in [3.63, 3.8) is 0 Å². The Morgan fingerprint density at radius 3 is 2.71 bits per heavy atom. The topological polar surface area (TPSA) is 83.9 Å². The number of hydrogen-bond donors (Lipinski definition) is 1. The molecule has 1 heterocycles. The summed E-state index contributed by atoms with van der Waals surface area (Å²) in [5.41, 5.74) is 0.261. The van der Waals surface area contributed by atoms with E-state index in [4.69, 9.17) is 5.11 Å². The third kappa shape index (κ3) is 3.04. The number of amides is 1. The van der Waals surface area contributed by atoms with Crippen LogP contribution in [0.3, 0.4) is 0 Å². The van der Waals surface area contributed by atoms with Crippen molar-refractivity contribution in [1.29, 1.82) is 0 Å². The molecule has 1 aromatic rings. The molecule has 0 aromatic carbocycles. The first-order chi connectivity index (χ1) is 7.99. The molecule has 7 heteroatoms. The van der Waals surface area contributed by atoms with Gasteiger partial charge in [-0.05, 0) is 13.0 Å². The van der Waals surface area contributed by atoms with Crippen LogP contribution in [0, 0.1) is 6.92 Å². The molecule has 0 aliphatic rings. The summed E-state index contributed by atoms with van der Waals surface area (Å²) in [7, 11) is 1.23. The van der Waals surface area contributed by atoms with E-state index in [1.165, 1.54) is 7.11 Å². The van der Waals surface area contributed by atoms with Crippen LogP contribution in [0.2, 0.25) is 0 Å². The molecular weight excluding hydrogens is 246 g/mol. The number of anilines is 1. The molecule has 1 aromatic heterocycles. The number of aryl methyl sites for hydroxylation is 1. The van der Waals surface area contributed by atoms with Crippen molar-refractivity contribution in [3.05, 3.63) is 15.8 Å². The lowest BCUT2D eigenvalue weighted by Gasteiger charge is -2.14. The zero-order chi connectivity index (χ0) is 13.0. The van der Waals surface area contributed by atoms with Gasteiger partial charge in [0.25, 0.3) is 0 Å². The minimum absolute atomic E-state index is 0.221. The van der Waals surface area contributed by atoms with Crippen LogP contribution in [0.4, 0.5) is 5.69 Å². The molecule has 0 saturated carbocycles. The normalized spacial score (nSPS) is 9.76. The molecule has 0 spiro atoms. The maximum absolute atomic E-state index is 11.5.